The van der Waals surface area contributed by atoms with Crippen LogP contribution in [0, 0.1) is 0 Å². The van der Waals surface area contributed by atoms with Crippen LogP contribution in [-0.2, 0) is 0 Å². The first-order chi connectivity index (χ1) is 8.33. The molecule has 17 heavy (non-hydrogen) atoms. The molecule has 0 aliphatic rings. The Kier molecular flexibility index (Phi) is 3.83. The fourth-order valence-corrected chi connectivity index (χ4v) is 1.76. The third-order valence-electron chi connectivity index (χ3n) is 2.68. The lowest BCUT2D eigenvalue weighted by Crippen LogP contribution is -2.09. The Hall–Kier alpha value is -1.74. The SMILES string of the molecule is CCC(=Cc1cnc2ccccc2n1)CNC. The first kappa shape index (κ1) is 11.7. The second-order valence-corrected chi connectivity index (χ2v) is 3.97. The van der Waals surface area contributed by atoms with Crippen molar-refractivity contribution in [3.05, 3.63) is 41.7 Å². The second kappa shape index (κ2) is 5.55. The van der Waals surface area contributed by atoms with Gasteiger partial charge in [-0.3, -0.25) is 4.98 Å². The molecule has 0 fully saturated rings. The van der Waals surface area contributed by atoms with E-state index in [0.717, 1.165) is 29.7 Å². The summed E-state index contributed by atoms with van der Waals surface area (Å²) in [5, 5.41) is 3.16. The molecule has 0 bridgehead atoms. The molecule has 0 aliphatic carbocycles. The topological polar surface area (TPSA) is 37.8 Å². The van der Waals surface area contributed by atoms with Gasteiger partial charge < -0.3 is 5.32 Å². The third kappa shape index (κ3) is 2.88. The van der Waals surface area contributed by atoms with Gasteiger partial charge >= 0.3 is 0 Å². The molecule has 1 N–H and O–H groups in total. The fraction of sp³-hybridized carbons (Fsp3) is 0.286. The molecule has 3 heteroatoms. The lowest BCUT2D eigenvalue weighted by atomic mass is 10.1. The largest absolute Gasteiger partial charge is 0.316 e. The molecule has 0 atom stereocenters. The van der Waals surface area contributed by atoms with E-state index in [0.29, 0.717) is 0 Å². The van der Waals surface area contributed by atoms with Gasteiger partial charge in [0.25, 0.3) is 0 Å². The van der Waals surface area contributed by atoms with E-state index >= 15 is 0 Å². The van der Waals surface area contributed by atoms with Crippen LogP contribution >= 0.6 is 0 Å². The minimum Gasteiger partial charge on any atom is -0.316 e. The summed E-state index contributed by atoms with van der Waals surface area (Å²) < 4.78 is 0. The van der Waals surface area contributed by atoms with E-state index in [1.165, 1.54) is 5.57 Å². The number of aromatic nitrogens is 2. The van der Waals surface area contributed by atoms with Gasteiger partial charge in [0, 0.05) is 6.54 Å². The van der Waals surface area contributed by atoms with Gasteiger partial charge in [-0.15, -0.1) is 0 Å². The Balaban J connectivity index is 2.35. The lowest BCUT2D eigenvalue weighted by molar-refractivity contribution is 0.850. The van der Waals surface area contributed by atoms with E-state index in [4.69, 9.17) is 0 Å². The van der Waals surface area contributed by atoms with Crippen molar-refractivity contribution in [2.24, 2.45) is 0 Å². The fourth-order valence-electron chi connectivity index (χ4n) is 1.76. The predicted octanol–water partition coefficient (Wildman–Crippen LogP) is 2.64. The zero-order valence-electron chi connectivity index (χ0n) is 10.3. The Morgan fingerprint density at radius 2 is 2.06 bits per heavy atom. The van der Waals surface area contributed by atoms with E-state index in [-0.39, 0.29) is 0 Å². The van der Waals surface area contributed by atoms with Crippen molar-refractivity contribution in [2.45, 2.75) is 13.3 Å². The summed E-state index contributed by atoms with van der Waals surface area (Å²) in [5.74, 6) is 0. The number of hydrogen-bond donors (Lipinski definition) is 1. The summed E-state index contributed by atoms with van der Waals surface area (Å²) in [6.07, 6.45) is 4.96. The van der Waals surface area contributed by atoms with Crippen molar-refractivity contribution in [3.63, 3.8) is 0 Å². The zero-order valence-corrected chi connectivity index (χ0v) is 10.3. The third-order valence-corrected chi connectivity index (χ3v) is 2.68. The van der Waals surface area contributed by atoms with Crippen LogP contribution in [0.25, 0.3) is 17.1 Å². The smallest absolute Gasteiger partial charge is 0.0894 e. The quantitative estimate of drug-likeness (QED) is 0.872. The maximum atomic E-state index is 4.58. The number of rotatable bonds is 4. The number of likely N-dealkylation sites (N-methyl/N-ethyl adjacent to an activating group) is 1. The van der Waals surface area contributed by atoms with Crippen LogP contribution in [0.5, 0.6) is 0 Å². The lowest BCUT2D eigenvalue weighted by Gasteiger charge is -2.03. The standard InChI is InChI=1S/C14H17N3/c1-3-11(9-15-2)8-12-10-16-13-6-4-5-7-14(13)17-12/h4-8,10,15H,3,9H2,1-2H3. The molecule has 0 aliphatic heterocycles. The van der Waals surface area contributed by atoms with Gasteiger partial charge in [0.2, 0.25) is 0 Å². The van der Waals surface area contributed by atoms with E-state index in [1.807, 2.05) is 37.5 Å². The molecule has 0 spiro atoms. The number of hydrogen-bond acceptors (Lipinski definition) is 3. The summed E-state index contributed by atoms with van der Waals surface area (Å²) in [7, 11) is 1.95. The number of fused-ring (bicyclic) bond motifs is 1. The minimum absolute atomic E-state index is 0.894. The Morgan fingerprint density at radius 1 is 1.29 bits per heavy atom. The molecular formula is C14H17N3. The molecule has 0 unspecified atom stereocenters. The highest BCUT2D eigenvalue weighted by Gasteiger charge is 1.98. The predicted molar refractivity (Wildman–Crippen MR) is 71.7 cm³/mol. The highest BCUT2D eigenvalue weighted by molar-refractivity contribution is 5.74. The Morgan fingerprint density at radius 3 is 2.76 bits per heavy atom. The molecule has 1 aromatic carbocycles. The maximum Gasteiger partial charge on any atom is 0.0894 e. The van der Waals surface area contributed by atoms with Crippen LogP contribution in [0.15, 0.2) is 36.0 Å². The normalized spacial score (nSPS) is 12.0. The first-order valence-corrected chi connectivity index (χ1v) is 5.89. The monoisotopic (exact) mass is 227 g/mol. The molecule has 0 radical (unpaired) electrons. The molecule has 0 amide bonds. The second-order valence-electron chi connectivity index (χ2n) is 3.97. The van der Waals surface area contributed by atoms with Crippen LogP contribution < -0.4 is 5.32 Å². The summed E-state index contributed by atoms with van der Waals surface area (Å²) in [4.78, 5) is 8.98. The molecule has 2 rings (SSSR count). The van der Waals surface area contributed by atoms with Gasteiger partial charge in [-0.1, -0.05) is 24.6 Å². The first-order valence-electron chi connectivity index (χ1n) is 5.89. The van der Waals surface area contributed by atoms with Crippen molar-refractivity contribution in [3.8, 4) is 0 Å². The molecule has 0 saturated carbocycles. The Labute approximate surface area is 102 Å². The maximum absolute atomic E-state index is 4.58. The van der Waals surface area contributed by atoms with E-state index < -0.39 is 0 Å². The van der Waals surface area contributed by atoms with Crippen molar-refractivity contribution in [1.29, 1.82) is 0 Å². The van der Waals surface area contributed by atoms with Crippen LogP contribution in [0.3, 0.4) is 0 Å². The molecular weight excluding hydrogens is 210 g/mol. The molecule has 88 valence electrons. The molecule has 0 saturated heterocycles. The van der Waals surface area contributed by atoms with E-state index in [2.05, 4.69) is 28.3 Å². The van der Waals surface area contributed by atoms with Crippen LogP contribution in [0.4, 0.5) is 0 Å². The van der Waals surface area contributed by atoms with Crippen LogP contribution in [0.1, 0.15) is 19.0 Å². The van der Waals surface area contributed by atoms with Crippen molar-refractivity contribution >= 4 is 17.1 Å². The molecule has 3 nitrogen and oxygen atoms in total. The number of nitrogens with zero attached hydrogens (tertiary/aromatic N) is 2. The van der Waals surface area contributed by atoms with E-state index in [1.54, 1.807) is 0 Å². The van der Waals surface area contributed by atoms with Crippen LogP contribution in [-0.4, -0.2) is 23.6 Å². The van der Waals surface area contributed by atoms with Crippen LogP contribution in [0.2, 0.25) is 0 Å². The van der Waals surface area contributed by atoms with Crippen molar-refractivity contribution in [2.75, 3.05) is 13.6 Å². The van der Waals surface area contributed by atoms with Gasteiger partial charge in [-0.2, -0.15) is 0 Å². The van der Waals surface area contributed by atoms with Crippen molar-refractivity contribution < 1.29 is 0 Å². The van der Waals surface area contributed by atoms with Crippen molar-refractivity contribution in [1.82, 2.24) is 15.3 Å². The van der Waals surface area contributed by atoms with Gasteiger partial charge in [0.15, 0.2) is 0 Å². The summed E-state index contributed by atoms with van der Waals surface area (Å²) in [6, 6.07) is 7.93. The Bertz CT molecular complexity index is 532. The van der Waals surface area contributed by atoms with Gasteiger partial charge in [0.05, 0.1) is 22.9 Å². The average Bonchev–Trinajstić information content (AvgIpc) is 2.38. The number of nitrogens with one attached hydrogen (secondary N) is 1. The highest BCUT2D eigenvalue weighted by atomic mass is 14.8. The van der Waals surface area contributed by atoms with E-state index in [9.17, 15) is 0 Å². The summed E-state index contributed by atoms with van der Waals surface area (Å²) >= 11 is 0. The molecule has 1 aromatic heterocycles. The highest BCUT2D eigenvalue weighted by Crippen LogP contribution is 2.11. The van der Waals surface area contributed by atoms with Gasteiger partial charge in [0.1, 0.15) is 0 Å². The van der Waals surface area contributed by atoms with Gasteiger partial charge in [-0.25, -0.2) is 4.98 Å². The minimum atomic E-state index is 0.894. The number of benzene rings is 1. The number of para-hydroxylation sites is 2. The summed E-state index contributed by atoms with van der Waals surface area (Å²) in [6.45, 7) is 3.04. The zero-order chi connectivity index (χ0) is 12.1. The molecule has 2 aromatic rings. The summed E-state index contributed by atoms with van der Waals surface area (Å²) in [5.41, 5.74) is 4.14. The van der Waals surface area contributed by atoms with Gasteiger partial charge in [-0.05, 0) is 31.7 Å². The average molecular weight is 227 g/mol. The molecule has 1 heterocycles.